The van der Waals surface area contributed by atoms with Crippen LogP contribution in [0.1, 0.15) is 33.6 Å². The van der Waals surface area contributed by atoms with Crippen molar-refractivity contribution in [2.75, 3.05) is 33.2 Å². The van der Waals surface area contributed by atoms with Gasteiger partial charge in [0.2, 0.25) is 0 Å². The van der Waals surface area contributed by atoms with Gasteiger partial charge in [-0.25, -0.2) is 0 Å². The number of likely N-dealkylation sites (N-methyl/N-ethyl adjacent to an activating group) is 1. The molecule has 1 aliphatic rings. The lowest BCUT2D eigenvalue weighted by Crippen LogP contribution is -2.50. The van der Waals surface area contributed by atoms with Crippen LogP contribution in [0.4, 0.5) is 0 Å². The van der Waals surface area contributed by atoms with E-state index in [0.717, 1.165) is 6.42 Å². The molecule has 1 atom stereocenters. The zero-order valence-corrected chi connectivity index (χ0v) is 12.5. The van der Waals surface area contributed by atoms with Gasteiger partial charge in [0, 0.05) is 31.1 Å². The van der Waals surface area contributed by atoms with Crippen molar-refractivity contribution in [3.63, 3.8) is 0 Å². The molecule has 0 spiro atoms. The molecule has 17 heavy (non-hydrogen) atoms. The molecule has 100 valence electrons. The fourth-order valence-electron chi connectivity index (χ4n) is 2.19. The molecule has 1 heterocycles. The predicted molar refractivity (Wildman–Crippen MR) is 78.3 cm³/mol. The van der Waals surface area contributed by atoms with Crippen LogP contribution in [0.2, 0.25) is 0 Å². The SMILES string of the molecule is CC1CN(CCCC(C)(C)C(N)=S)CCN1C. The minimum atomic E-state index is 0.00747. The molecule has 0 aromatic carbocycles. The minimum absolute atomic E-state index is 0.00747. The van der Waals surface area contributed by atoms with E-state index >= 15 is 0 Å². The third-order valence-electron chi connectivity index (χ3n) is 3.99. The smallest absolute Gasteiger partial charge is 0.0784 e. The first-order chi connectivity index (χ1) is 7.83. The number of nitrogens with zero attached hydrogens (tertiary/aromatic N) is 2. The van der Waals surface area contributed by atoms with E-state index in [4.69, 9.17) is 18.0 Å². The molecule has 1 fully saturated rings. The van der Waals surface area contributed by atoms with Crippen molar-refractivity contribution in [2.24, 2.45) is 11.1 Å². The summed E-state index contributed by atoms with van der Waals surface area (Å²) in [4.78, 5) is 5.62. The van der Waals surface area contributed by atoms with Crippen LogP contribution in [0.15, 0.2) is 0 Å². The van der Waals surface area contributed by atoms with Crippen molar-refractivity contribution in [3.8, 4) is 0 Å². The van der Waals surface area contributed by atoms with Gasteiger partial charge in [0.1, 0.15) is 0 Å². The van der Waals surface area contributed by atoms with Crippen molar-refractivity contribution in [3.05, 3.63) is 0 Å². The number of hydrogen-bond acceptors (Lipinski definition) is 3. The summed E-state index contributed by atoms with van der Waals surface area (Å²) in [6.07, 6.45) is 2.27. The predicted octanol–water partition coefficient (Wildman–Crippen LogP) is 1.71. The highest BCUT2D eigenvalue weighted by atomic mass is 32.1. The second-order valence-corrected chi connectivity index (χ2v) is 6.42. The first-order valence-corrected chi connectivity index (χ1v) is 6.96. The maximum atomic E-state index is 5.74. The Labute approximate surface area is 111 Å². The number of rotatable bonds is 5. The van der Waals surface area contributed by atoms with Gasteiger partial charge in [-0.3, -0.25) is 0 Å². The standard InChI is InChI=1S/C13H27N3S/c1-11-10-16(9-8-15(11)4)7-5-6-13(2,3)12(14)17/h11H,5-10H2,1-4H3,(H2,14,17). The molecule has 0 bridgehead atoms. The molecular formula is C13H27N3S. The van der Waals surface area contributed by atoms with Crippen LogP contribution in [0.3, 0.4) is 0 Å². The normalized spacial score (nSPS) is 23.9. The Balaban J connectivity index is 2.26. The number of thiocarbonyl (C=S) groups is 1. The Morgan fingerprint density at radius 2 is 2.06 bits per heavy atom. The Morgan fingerprint density at radius 1 is 1.41 bits per heavy atom. The largest absolute Gasteiger partial charge is 0.393 e. The van der Waals surface area contributed by atoms with Crippen molar-refractivity contribution < 1.29 is 0 Å². The molecule has 4 heteroatoms. The Morgan fingerprint density at radius 3 is 2.59 bits per heavy atom. The van der Waals surface area contributed by atoms with Gasteiger partial charge in [0.05, 0.1) is 4.99 Å². The molecule has 1 rings (SSSR count). The van der Waals surface area contributed by atoms with Crippen LogP contribution in [-0.4, -0.2) is 54.1 Å². The molecular weight excluding hydrogens is 230 g/mol. The van der Waals surface area contributed by atoms with Crippen LogP contribution < -0.4 is 5.73 Å². The fourth-order valence-corrected chi connectivity index (χ4v) is 2.30. The van der Waals surface area contributed by atoms with E-state index in [1.807, 2.05) is 0 Å². The summed E-state index contributed by atoms with van der Waals surface area (Å²) in [5, 5.41) is 0. The van der Waals surface area contributed by atoms with E-state index in [1.165, 1.54) is 32.6 Å². The summed E-state index contributed by atoms with van der Waals surface area (Å²) >= 11 is 5.09. The van der Waals surface area contributed by atoms with Gasteiger partial charge in [-0.2, -0.15) is 0 Å². The van der Waals surface area contributed by atoms with Crippen LogP contribution in [0, 0.1) is 5.41 Å². The van der Waals surface area contributed by atoms with Crippen molar-refractivity contribution >= 4 is 17.2 Å². The van der Waals surface area contributed by atoms with Gasteiger partial charge < -0.3 is 15.5 Å². The molecule has 2 N–H and O–H groups in total. The highest BCUT2D eigenvalue weighted by Gasteiger charge is 2.23. The summed E-state index contributed by atoms with van der Waals surface area (Å²) in [5.41, 5.74) is 5.75. The molecule has 0 saturated carbocycles. The first kappa shape index (κ1) is 14.9. The number of piperazine rings is 1. The summed E-state index contributed by atoms with van der Waals surface area (Å²) < 4.78 is 0. The average molecular weight is 257 g/mol. The van der Waals surface area contributed by atoms with E-state index in [0.29, 0.717) is 11.0 Å². The molecule has 1 unspecified atom stereocenters. The van der Waals surface area contributed by atoms with Crippen molar-refractivity contribution in [1.82, 2.24) is 9.80 Å². The van der Waals surface area contributed by atoms with Crippen molar-refractivity contribution in [1.29, 1.82) is 0 Å². The van der Waals surface area contributed by atoms with E-state index in [-0.39, 0.29) is 5.41 Å². The Kier molecular flexibility index (Phi) is 5.35. The molecule has 1 saturated heterocycles. The van der Waals surface area contributed by atoms with Gasteiger partial charge in [-0.1, -0.05) is 26.1 Å². The lowest BCUT2D eigenvalue weighted by atomic mass is 9.88. The molecule has 0 aromatic rings. The van der Waals surface area contributed by atoms with E-state index in [1.54, 1.807) is 0 Å². The highest BCUT2D eigenvalue weighted by molar-refractivity contribution is 7.80. The number of hydrogen-bond donors (Lipinski definition) is 1. The van der Waals surface area contributed by atoms with Gasteiger partial charge in [0.15, 0.2) is 0 Å². The number of nitrogens with two attached hydrogens (primary N) is 1. The Bertz CT molecular complexity index is 265. The zero-order valence-electron chi connectivity index (χ0n) is 11.7. The first-order valence-electron chi connectivity index (χ1n) is 6.55. The second kappa shape index (κ2) is 6.12. The van der Waals surface area contributed by atoms with Gasteiger partial charge in [-0.05, 0) is 33.4 Å². The summed E-state index contributed by atoms with van der Waals surface area (Å²) in [6, 6.07) is 0.673. The molecule has 0 aromatic heterocycles. The average Bonchev–Trinajstić information content (AvgIpc) is 2.23. The summed E-state index contributed by atoms with van der Waals surface area (Å²) in [6.45, 7) is 11.3. The third-order valence-corrected chi connectivity index (χ3v) is 4.54. The quantitative estimate of drug-likeness (QED) is 0.760. The van der Waals surface area contributed by atoms with Crippen LogP contribution in [0.5, 0.6) is 0 Å². The van der Waals surface area contributed by atoms with E-state index in [9.17, 15) is 0 Å². The molecule has 0 amide bonds. The molecule has 1 aliphatic heterocycles. The van der Waals surface area contributed by atoms with Gasteiger partial charge >= 0.3 is 0 Å². The molecule has 3 nitrogen and oxygen atoms in total. The summed E-state index contributed by atoms with van der Waals surface area (Å²) in [7, 11) is 2.21. The van der Waals surface area contributed by atoms with Gasteiger partial charge in [-0.15, -0.1) is 0 Å². The van der Waals surface area contributed by atoms with E-state index < -0.39 is 0 Å². The van der Waals surface area contributed by atoms with Crippen LogP contribution >= 0.6 is 12.2 Å². The van der Waals surface area contributed by atoms with Crippen LogP contribution in [0.25, 0.3) is 0 Å². The van der Waals surface area contributed by atoms with E-state index in [2.05, 4.69) is 37.6 Å². The summed E-state index contributed by atoms with van der Waals surface area (Å²) in [5.74, 6) is 0. The maximum Gasteiger partial charge on any atom is 0.0784 e. The lowest BCUT2D eigenvalue weighted by molar-refractivity contribution is 0.102. The fraction of sp³-hybridized carbons (Fsp3) is 0.923. The van der Waals surface area contributed by atoms with Crippen molar-refractivity contribution in [2.45, 2.75) is 39.7 Å². The second-order valence-electron chi connectivity index (χ2n) is 5.98. The lowest BCUT2D eigenvalue weighted by Gasteiger charge is -2.38. The van der Waals surface area contributed by atoms with Gasteiger partial charge in [0.25, 0.3) is 0 Å². The highest BCUT2D eigenvalue weighted by Crippen LogP contribution is 2.23. The van der Waals surface area contributed by atoms with Crippen LogP contribution in [-0.2, 0) is 0 Å². The molecule has 0 radical (unpaired) electrons. The molecule has 0 aliphatic carbocycles. The zero-order chi connectivity index (χ0) is 13.1. The third kappa shape index (κ3) is 4.53. The Hall–Kier alpha value is -0.190. The topological polar surface area (TPSA) is 32.5 Å². The minimum Gasteiger partial charge on any atom is -0.393 e. The maximum absolute atomic E-state index is 5.74. The monoisotopic (exact) mass is 257 g/mol.